The van der Waals surface area contributed by atoms with Gasteiger partial charge in [0.15, 0.2) is 0 Å². The fraction of sp³-hybridized carbons (Fsp3) is 0.682. The van der Waals surface area contributed by atoms with Crippen LogP contribution in [-0.4, -0.2) is 73.4 Å². The lowest BCUT2D eigenvalue weighted by Gasteiger charge is -2.31. The third kappa shape index (κ3) is 6.47. The largest absolute Gasteiger partial charge is 0.491 e. The van der Waals surface area contributed by atoms with Gasteiger partial charge in [0.1, 0.15) is 18.5 Å². The van der Waals surface area contributed by atoms with Crippen LogP contribution in [0.3, 0.4) is 0 Å². The fourth-order valence-corrected chi connectivity index (χ4v) is 4.13. The van der Waals surface area contributed by atoms with E-state index in [2.05, 4.69) is 21.9 Å². The van der Waals surface area contributed by atoms with Gasteiger partial charge < -0.3 is 19.5 Å². The molecule has 0 spiro atoms. The van der Waals surface area contributed by atoms with Crippen LogP contribution in [0.4, 0.5) is 0 Å². The van der Waals surface area contributed by atoms with Crippen molar-refractivity contribution in [3.63, 3.8) is 0 Å². The maximum Gasteiger partial charge on any atom is 0.308 e. The number of hydrogen-bond acceptors (Lipinski definition) is 6. The van der Waals surface area contributed by atoms with Crippen LogP contribution in [0.2, 0.25) is 0 Å². The molecular weight excluding hydrogens is 356 g/mol. The lowest BCUT2D eigenvalue weighted by Crippen LogP contribution is -2.42. The zero-order valence-electron chi connectivity index (χ0n) is 17.0. The summed E-state index contributed by atoms with van der Waals surface area (Å²) in [5.41, 5.74) is 1.31. The highest BCUT2D eigenvalue weighted by Crippen LogP contribution is 2.19. The number of β-amino-alcohol motifs (C(OH)–C–C–N with tert-alkyl or cyclic N) is 1. The lowest BCUT2D eigenvalue weighted by molar-refractivity contribution is -0.147. The summed E-state index contributed by atoms with van der Waals surface area (Å²) in [6.07, 6.45) is 5.01. The van der Waals surface area contributed by atoms with Crippen LogP contribution < -0.4 is 4.74 Å². The van der Waals surface area contributed by atoms with Gasteiger partial charge >= 0.3 is 5.97 Å². The molecule has 2 heterocycles. The molecule has 1 atom stereocenters. The van der Waals surface area contributed by atoms with E-state index in [1.807, 2.05) is 12.1 Å². The molecule has 1 N–H and O–H groups in total. The van der Waals surface area contributed by atoms with Gasteiger partial charge in [0.2, 0.25) is 0 Å². The topological polar surface area (TPSA) is 62.2 Å². The molecule has 6 heteroatoms. The monoisotopic (exact) mass is 390 g/mol. The maximum atomic E-state index is 11.6. The maximum absolute atomic E-state index is 11.6. The molecular formula is C22H34N2O4. The molecule has 1 aromatic rings. The van der Waals surface area contributed by atoms with E-state index in [-0.39, 0.29) is 18.5 Å². The number of aliphatic hydroxyl groups is 1. The Morgan fingerprint density at radius 1 is 1.07 bits per heavy atom. The Bertz CT molecular complexity index is 593. The van der Waals surface area contributed by atoms with Crippen LogP contribution in [0.5, 0.6) is 5.75 Å². The van der Waals surface area contributed by atoms with Crippen LogP contribution in [0, 0.1) is 5.92 Å². The molecule has 0 bridgehead atoms. The molecule has 156 valence electrons. The van der Waals surface area contributed by atoms with Gasteiger partial charge in [0.05, 0.1) is 13.0 Å². The number of ether oxygens (including phenoxy) is 2. The van der Waals surface area contributed by atoms with Crippen LogP contribution in [0.25, 0.3) is 0 Å². The molecule has 0 amide bonds. The van der Waals surface area contributed by atoms with Crippen molar-refractivity contribution in [1.82, 2.24) is 9.80 Å². The van der Waals surface area contributed by atoms with Gasteiger partial charge in [-0.2, -0.15) is 0 Å². The summed E-state index contributed by atoms with van der Waals surface area (Å²) in [5, 5.41) is 10.3. The summed E-state index contributed by atoms with van der Waals surface area (Å²) in [6, 6.07) is 8.23. The Balaban J connectivity index is 1.35. The van der Waals surface area contributed by atoms with E-state index in [4.69, 9.17) is 9.47 Å². The molecule has 6 nitrogen and oxygen atoms in total. The van der Waals surface area contributed by atoms with Crippen LogP contribution in [0.1, 0.15) is 37.7 Å². The number of methoxy groups -OCH3 is 1. The summed E-state index contributed by atoms with van der Waals surface area (Å²) in [7, 11) is 1.44. The highest BCUT2D eigenvalue weighted by Gasteiger charge is 2.26. The lowest BCUT2D eigenvalue weighted by atomic mass is 9.97. The molecule has 1 aromatic carbocycles. The third-order valence-corrected chi connectivity index (χ3v) is 5.81. The SMILES string of the molecule is COC(=O)C1CCN(C[C@H](O)COc2ccc(CN3CCCCC3)cc2)CC1. The number of esters is 1. The number of piperidine rings is 2. The van der Waals surface area contributed by atoms with Crippen molar-refractivity contribution in [3.8, 4) is 5.75 Å². The van der Waals surface area contributed by atoms with Gasteiger partial charge in [-0.05, 0) is 69.6 Å². The second kappa shape index (κ2) is 10.8. The van der Waals surface area contributed by atoms with Gasteiger partial charge in [-0.15, -0.1) is 0 Å². The van der Waals surface area contributed by atoms with Crippen molar-refractivity contribution in [2.45, 2.75) is 44.8 Å². The Hall–Kier alpha value is -1.63. The minimum Gasteiger partial charge on any atom is -0.491 e. The molecule has 0 aromatic heterocycles. The Morgan fingerprint density at radius 3 is 2.39 bits per heavy atom. The number of carbonyl (C=O) groups excluding carboxylic acids is 1. The van der Waals surface area contributed by atoms with Crippen LogP contribution in [-0.2, 0) is 16.1 Å². The second-order valence-corrected chi connectivity index (χ2v) is 8.04. The second-order valence-electron chi connectivity index (χ2n) is 8.04. The molecule has 0 saturated carbocycles. The minimum absolute atomic E-state index is 0.00176. The Kier molecular flexibility index (Phi) is 8.13. The molecule has 0 radical (unpaired) electrons. The summed E-state index contributed by atoms with van der Waals surface area (Å²) >= 11 is 0. The zero-order valence-corrected chi connectivity index (χ0v) is 17.0. The Morgan fingerprint density at radius 2 is 1.75 bits per heavy atom. The fourth-order valence-electron chi connectivity index (χ4n) is 4.13. The molecule has 2 saturated heterocycles. The van der Waals surface area contributed by atoms with E-state index in [9.17, 15) is 9.90 Å². The average molecular weight is 391 g/mol. The molecule has 2 aliphatic heterocycles. The number of rotatable bonds is 8. The number of aliphatic hydroxyl groups excluding tert-OH is 1. The number of carbonyl (C=O) groups is 1. The minimum atomic E-state index is -0.539. The first-order chi connectivity index (χ1) is 13.6. The van der Waals surface area contributed by atoms with Crippen molar-refractivity contribution in [2.24, 2.45) is 5.92 Å². The molecule has 0 unspecified atom stereocenters. The number of nitrogens with zero attached hydrogens (tertiary/aromatic N) is 2. The van der Waals surface area contributed by atoms with E-state index in [1.54, 1.807) is 0 Å². The molecule has 2 fully saturated rings. The van der Waals surface area contributed by atoms with Crippen LogP contribution >= 0.6 is 0 Å². The number of hydrogen-bond donors (Lipinski definition) is 1. The highest BCUT2D eigenvalue weighted by molar-refractivity contribution is 5.72. The normalized spacial score (nSPS) is 20.6. The van der Waals surface area contributed by atoms with Gasteiger partial charge in [0, 0.05) is 13.1 Å². The first-order valence-electron chi connectivity index (χ1n) is 10.6. The Labute approximate surface area is 168 Å². The summed E-state index contributed by atoms with van der Waals surface area (Å²) in [6.45, 7) is 5.86. The van der Waals surface area contributed by atoms with Gasteiger partial charge in [-0.1, -0.05) is 18.6 Å². The van der Waals surface area contributed by atoms with Crippen molar-refractivity contribution in [1.29, 1.82) is 0 Å². The molecule has 28 heavy (non-hydrogen) atoms. The average Bonchev–Trinajstić information content (AvgIpc) is 2.74. The van der Waals surface area contributed by atoms with Crippen molar-refractivity contribution in [3.05, 3.63) is 29.8 Å². The van der Waals surface area contributed by atoms with Gasteiger partial charge in [0.25, 0.3) is 0 Å². The summed E-state index contributed by atoms with van der Waals surface area (Å²) < 4.78 is 10.6. The van der Waals surface area contributed by atoms with Crippen molar-refractivity contribution >= 4 is 5.97 Å². The number of benzene rings is 1. The van der Waals surface area contributed by atoms with E-state index < -0.39 is 6.10 Å². The van der Waals surface area contributed by atoms with E-state index in [0.29, 0.717) is 6.54 Å². The van der Waals surface area contributed by atoms with E-state index in [1.165, 1.54) is 45.0 Å². The highest BCUT2D eigenvalue weighted by atomic mass is 16.5. The first kappa shape index (κ1) is 21.1. The van der Waals surface area contributed by atoms with Gasteiger partial charge in [-0.3, -0.25) is 9.69 Å². The smallest absolute Gasteiger partial charge is 0.308 e. The summed E-state index contributed by atoms with van der Waals surface area (Å²) in [4.78, 5) is 16.3. The standard InChI is InChI=1S/C22H34N2O4/c1-27-22(26)19-9-13-24(14-10-19)16-20(25)17-28-21-7-5-18(6-8-21)15-23-11-3-2-4-12-23/h5-8,19-20,25H,2-4,9-17H2,1H3/t20-/m0/s1. The summed E-state index contributed by atoms with van der Waals surface area (Å²) in [5.74, 6) is 0.677. The van der Waals surface area contributed by atoms with Gasteiger partial charge in [-0.25, -0.2) is 0 Å². The molecule has 0 aliphatic carbocycles. The zero-order chi connectivity index (χ0) is 19.8. The molecule has 3 rings (SSSR count). The quantitative estimate of drug-likeness (QED) is 0.688. The van der Waals surface area contributed by atoms with E-state index >= 15 is 0 Å². The van der Waals surface area contributed by atoms with Crippen LogP contribution in [0.15, 0.2) is 24.3 Å². The first-order valence-corrected chi connectivity index (χ1v) is 10.6. The van der Waals surface area contributed by atoms with E-state index in [0.717, 1.165) is 38.2 Å². The third-order valence-electron chi connectivity index (χ3n) is 5.81. The predicted molar refractivity (Wildman–Crippen MR) is 108 cm³/mol. The molecule has 2 aliphatic rings. The predicted octanol–water partition coefficient (Wildman–Crippen LogP) is 2.30. The van der Waals surface area contributed by atoms with Crippen molar-refractivity contribution in [2.75, 3.05) is 46.4 Å². The number of likely N-dealkylation sites (tertiary alicyclic amines) is 2. The van der Waals surface area contributed by atoms with Crippen molar-refractivity contribution < 1.29 is 19.4 Å².